The molecular formula is C16H27N3O. The van der Waals surface area contributed by atoms with Crippen LogP contribution in [0, 0.1) is 13.8 Å². The predicted molar refractivity (Wildman–Crippen MR) is 83.2 cm³/mol. The van der Waals surface area contributed by atoms with Gasteiger partial charge >= 0.3 is 0 Å². The van der Waals surface area contributed by atoms with Crippen LogP contribution in [0.4, 0.5) is 5.82 Å². The molecule has 20 heavy (non-hydrogen) atoms. The first-order valence-corrected chi connectivity index (χ1v) is 7.60. The molecule has 0 aliphatic carbocycles. The molecule has 1 aliphatic heterocycles. The molecule has 1 aliphatic rings. The molecule has 4 heteroatoms. The fourth-order valence-corrected chi connectivity index (χ4v) is 3.15. The Hall–Kier alpha value is -1.13. The molecule has 0 saturated carbocycles. The summed E-state index contributed by atoms with van der Waals surface area (Å²) in [4.78, 5) is 9.55. The number of aromatic nitrogens is 1. The molecule has 0 radical (unpaired) electrons. The van der Waals surface area contributed by atoms with Gasteiger partial charge in [-0.3, -0.25) is 0 Å². The van der Waals surface area contributed by atoms with Gasteiger partial charge in [0.25, 0.3) is 0 Å². The molecule has 1 unspecified atom stereocenters. The van der Waals surface area contributed by atoms with E-state index in [1.165, 1.54) is 0 Å². The molecule has 1 N–H and O–H groups in total. The number of likely N-dealkylation sites (N-methyl/N-ethyl adjacent to an activating group) is 1. The van der Waals surface area contributed by atoms with Crippen molar-refractivity contribution in [2.24, 2.45) is 0 Å². The Morgan fingerprint density at radius 2 is 2.10 bits per heavy atom. The van der Waals surface area contributed by atoms with E-state index in [0.29, 0.717) is 6.04 Å². The van der Waals surface area contributed by atoms with E-state index in [2.05, 4.69) is 36.8 Å². The fraction of sp³-hybridized carbons (Fsp3) is 0.688. The SMILES string of the molecule is CCC1CN(C)CCCN1c1nc(C)cc(C)c1CO. The minimum Gasteiger partial charge on any atom is -0.392 e. The van der Waals surface area contributed by atoms with Crippen LogP contribution in [0.15, 0.2) is 6.07 Å². The van der Waals surface area contributed by atoms with E-state index in [0.717, 1.165) is 55.1 Å². The van der Waals surface area contributed by atoms with Gasteiger partial charge in [-0.05, 0) is 51.9 Å². The van der Waals surface area contributed by atoms with Gasteiger partial charge < -0.3 is 14.9 Å². The highest BCUT2D eigenvalue weighted by molar-refractivity contribution is 5.52. The number of hydrogen-bond donors (Lipinski definition) is 1. The Bertz CT molecular complexity index is 461. The van der Waals surface area contributed by atoms with Crippen molar-refractivity contribution in [3.05, 3.63) is 22.9 Å². The summed E-state index contributed by atoms with van der Waals surface area (Å²) in [5, 5.41) is 9.72. The summed E-state index contributed by atoms with van der Waals surface area (Å²) in [5.41, 5.74) is 3.16. The van der Waals surface area contributed by atoms with Gasteiger partial charge in [0.05, 0.1) is 6.61 Å². The molecule has 0 spiro atoms. The van der Waals surface area contributed by atoms with Crippen LogP contribution in [0.5, 0.6) is 0 Å². The monoisotopic (exact) mass is 277 g/mol. The van der Waals surface area contributed by atoms with Crippen molar-refractivity contribution in [1.29, 1.82) is 0 Å². The Balaban J connectivity index is 2.42. The van der Waals surface area contributed by atoms with Crippen molar-refractivity contribution in [2.75, 3.05) is 31.6 Å². The maximum absolute atomic E-state index is 9.72. The summed E-state index contributed by atoms with van der Waals surface area (Å²) in [5.74, 6) is 0.993. The minimum atomic E-state index is 0.0667. The number of aliphatic hydroxyl groups excluding tert-OH is 1. The summed E-state index contributed by atoms with van der Waals surface area (Å²) in [6.07, 6.45) is 2.25. The van der Waals surface area contributed by atoms with Crippen molar-refractivity contribution >= 4 is 5.82 Å². The van der Waals surface area contributed by atoms with Crippen LogP contribution in [0.3, 0.4) is 0 Å². The van der Waals surface area contributed by atoms with Crippen molar-refractivity contribution in [3.63, 3.8) is 0 Å². The molecule has 0 amide bonds. The average Bonchev–Trinajstić information content (AvgIpc) is 2.59. The lowest BCUT2D eigenvalue weighted by Gasteiger charge is -2.33. The Morgan fingerprint density at radius 1 is 1.35 bits per heavy atom. The lowest BCUT2D eigenvalue weighted by Crippen LogP contribution is -2.41. The number of hydrogen-bond acceptors (Lipinski definition) is 4. The fourth-order valence-electron chi connectivity index (χ4n) is 3.15. The van der Waals surface area contributed by atoms with Crippen molar-refractivity contribution in [3.8, 4) is 0 Å². The molecule has 0 aromatic carbocycles. The molecule has 2 heterocycles. The van der Waals surface area contributed by atoms with Crippen LogP contribution in [0.2, 0.25) is 0 Å². The molecule has 1 saturated heterocycles. The van der Waals surface area contributed by atoms with Crippen molar-refractivity contribution in [1.82, 2.24) is 9.88 Å². The van der Waals surface area contributed by atoms with Crippen LogP contribution < -0.4 is 4.90 Å². The van der Waals surface area contributed by atoms with Crippen molar-refractivity contribution in [2.45, 2.75) is 46.3 Å². The van der Waals surface area contributed by atoms with E-state index in [4.69, 9.17) is 4.98 Å². The zero-order valence-electron chi connectivity index (χ0n) is 13.2. The third-order valence-electron chi connectivity index (χ3n) is 4.26. The van der Waals surface area contributed by atoms with E-state index in [1.54, 1.807) is 0 Å². The quantitative estimate of drug-likeness (QED) is 0.918. The Labute approximate surface area is 122 Å². The zero-order valence-corrected chi connectivity index (χ0v) is 13.2. The van der Waals surface area contributed by atoms with Gasteiger partial charge in [-0.2, -0.15) is 0 Å². The molecule has 4 nitrogen and oxygen atoms in total. The smallest absolute Gasteiger partial charge is 0.134 e. The first-order chi connectivity index (χ1) is 9.56. The maximum Gasteiger partial charge on any atom is 0.134 e. The second kappa shape index (κ2) is 6.55. The van der Waals surface area contributed by atoms with Crippen LogP contribution in [0.1, 0.15) is 36.6 Å². The van der Waals surface area contributed by atoms with Gasteiger partial charge in [-0.15, -0.1) is 0 Å². The summed E-state index contributed by atoms with van der Waals surface area (Å²) < 4.78 is 0. The van der Waals surface area contributed by atoms with Crippen LogP contribution in [0.25, 0.3) is 0 Å². The van der Waals surface area contributed by atoms with Gasteiger partial charge in [0.15, 0.2) is 0 Å². The highest BCUT2D eigenvalue weighted by Crippen LogP contribution is 2.27. The normalized spacial score (nSPS) is 21.1. The van der Waals surface area contributed by atoms with Crippen LogP contribution in [-0.2, 0) is 6.61 Å². The number of aryl methyl sites for hydroxylation is 2. The Kier molecular flexibility index (Phi) is 5.00. The van der Waals surface area contributed by atoms with Gasteiger partial charge in [0.1, 0.15) is 5.82 Å². The Morgan fingerprint density at radius 3 is 2.75 bits per heavy atom. The number of rotatable bonds is 3. The average molecular weight is 277 g/mol. The van der Waals surface area contributed by atoms with Crippen LogP contribution >= 0.6 is 0 Å². The molecular weight excluding hydrogens is 250 g/mol. The van der Waals surface area contributed by atoms with E-state index in [1.807, 2.05) is 6.92 Å². The topological polar surface area (TPSA) is 39.6 Å². The minimum absolute atomic E-state index is 0.0667. The number of aliphatic hydroxyl groups is 1. The first kappa shape index (κ1) is 15.3. The largest absolute Gasteiger partial charge is 0.392 e. The molecule has 112 valence electrons. The second-order valence-corrected chi connectivity index (χ2v) is 5.91. The standard InChI is InChI=1S/C16H27N3O/c1-5-14-10-18(4)7-6-8-19(14)16-15(11-20)12(2)9-13(3)17-16/h9,14,20H,5-8,10-11H2,1-4H3. The molecule has 2 rings (SSSR count). The van der Waals surface area contributed by atoms with Gasteiger partial charge in [0.2, 0.25) is 0 Å². The summed E-state index contributed by atoms with van der Waals surface area (Å²) >= 11 is 0. The predicted octanol–water partition coefficient (Wildman–Crippen LogP) is 2.11. The van der Waals surface area contributed by atoms with Crippen LogP contribution in [-0.4, -0.2) is 47.7 Å². The van der Waals surface area contributed by atoms with E-state index >= 15 is 0 Å². The molecule has 1 aromatic rings. The number of pyridine rings is 1. The molecule has 1 atom stereocenters. The summed E-state index contributed by atoms with van der Waals surface area (Å²) in [6, 6.07) is 2.53. The lowest BCUT2D eigenvalue weighted by atomic mass is 10.1. The van der Waals surface area contributed by atoms with E-state index in [9.17, 15) is 5.11 Å². The van der Waals surface area contributed by atoms with Crippen molar-refractivity contribution < 1.29 is 5.11 Å². The highest BCUT2D eigenvalue weighted by atomic mass is 16.3. The van der Waals surface area contributed by atoms with E-state index < -0.39 is 0 Å². The molecule has 1 aromatic heterocycles. The van der Waals surface area contributed by atoms with Gasteiger partial charge in [0, 0.05) is 30.4 Å². The maximum atomic E-state index is 9.72. The molecule has 0 bridgehead atoms. The third-order valence-corrected chi connectivity index (χ3v) is 4.26. The third kappa shape index (κ3) is 3.13. The highest BCUT2D eigenvalue weighted by Gasteiger charge is 2.25. The summed E-state index contributed by atoms with van der Waals surface area (Å²) in [6.45, 7) is 9.61. The molecule has 1 fully saturated rings. The van der Waals surface area contributed by atoms with Gasteiger partial charge in [-0.1, -0.05) is 6.92 Å². The zero-order chi connectivity index (χ0) is 14.7. The van der Waals surface area contributed by atoms with Gasteiger partial charge in [-0.25, -0.2) is 4.98 Å². The lowest BCUT2D eigenvalue weighted by molar-refractivity contribution is 0.280. The van der Waals surface area contributed by atoms with E-state index in [-0.39, 0.29) is 6.61 Å². The summed E-state index contributed by atoms with van der Waals surface area (Å²) in [7, 11) is 2.19. The first-order valence-electron chi connectivity index (χ1n) is 7.60. The number of anilines is 1. The number of nitrogens with zero attached hydrogens (tertiary/aromatic N) is 3. The second-order valence-electron chi connectivity index (χ2n) is 5.91.